The highest BCUT2D eigenvalue weighted by Gasteiger charge is 2.13. The molecule has 1 aliphatic carbocycles. The van der Waals surface area contributed by atoms with E-state index < -0.39 is 0 Å². The predicted molar refractivity (Wildman–Crippen MR) is 76.1 cm³/mol. The van der Waals surface area contributed by atoms with E-state index in [-0.39, 0.29) is 0 Å². The lowest BCUT2D eigenvalue weighted by Gasteiger charge is -2.24. The second kappa shape index (κ2) is 4.89. The number of rotatable bonds is 2. The number of anilines is 1. The third-order valence-corrected chi connectivity index (χ3v) is 3.84. The fourth-order valence-electron chi connectivity index (χ4n) is 2.83. The first-order valence-electron chi connectivity index (χ1n) is 6.81. The Kier molecular flexibility index (Phi) is 3.09. The number of phenolic OH excluding ortho intramolecular Hbond substituents is 1. The maximum absolute atomic E-state index is 9.87. The van der Waals surface area contributed by atoms with Gasteiger partial charge in [-0.05, 0) is 36.4 Å². The van der Waals surface area contributed by atoms with E-state index in [1.807, 2.05) is 12.1 Å². The van der Waals surface area contributed by atoms with Gasteiger partial charge in [-0.1, -0.05) is 37.5 Å². The monoisotopic (exact) mass is 241 g/mol. The predicted octanol–water partition coefficient (Wildman–Crippen LogP) is 4.29. The van der Waals surface area contributed by atoms with Crippen LogP contribution in [0.1, 0.15) is 32.1 Å². The minimum absolute atomic E-state index is 0.361. The highest BCUT2D eigenvalue weighted by molar-refractivity contribution is 5.90. The molecule has 0 saturated heterocycles. The zero-order valence-corrected chi connectivity index (χ0v) is 10.5. The molecule has 0 spiro atoms. The van der Waals surface area contributed by atoms with Crippen LogP contribution in [0.15, 0.2) is 36.4 Å². The van der Waals surface area contributed by atoms with Gasteiger partial charge in [0.1, 0.15) is 5.75 Å². The summed E-state index contributed by atoms with van der Waals surface area (Å²) in [6.07, 6.45) is 6.56. The number of aromatic hydroxyl groups is 1. The van der Waals surface area contributed by atoms with Crippen LogP contribution in [0.3, 0.4) is 0 Å². The van der Waals surface area contributed by atoms with Crippen molar-refractivity contribution in [2.45, 2.75) is 38.1 Å². The molecule has 2 heteroatoms. The first-order valence-corrected chi connectivity index (χ1v) is 6.81. The Morgan fingerprint density at radius 2 is 1.83 bits per heavy atom. The minimum atomic E-state index is 0.361. The van der Waals surface area contributed by atoms with Crippen molar-refractivity contribution in [3.05, 3.63) is 36.4 Å². The van der Waals surface area contributed by atoms with Crippen LogP contribution in [0.2, 0.25) is 0 Å². The highest BCUT2D eigenvalue weighted by atomic mass is 16.3. The average molecular weight is 241 g/mol. The van der Waals surface area contributed by atoms with E-state index in [1.165, 1.54) is 32.1 Å². The molecule has 3 rings (SSSR count). The van der Waals surface area contributed by atoms with Crippen molar-refractivity contribution in [3.8, 4) is 5.75 Å². The smallest absolute Gasteiger partial charge is 0.123 e. The van der Waals surface area contributed by atoms with Crippen molar-refractivity contribution in [2.24, 2.45) is 0 Å². The maximum Gasteiger partial charge on any atom is 0.123 e. The van der Waals surface area contributed by atoms with E-state index in [0.717, 1.165) is 16.5 Å². The molecule has 2 N–H and O–H groups in total. The second-order valence-electron chi connectivity index (χ2n) is 5.19. The van der Waals surface area contributed by atoms with Gasteiger partial charge in [0.15, 0.2) is 0 Å². The number of hydrogen-bond acceptors (Lipinski definition) is 2. The van der Waals surface area contributed by atoms with Crippen molar-refractivity contribution in [2.75, 3.05) is 5.32 Å². The largest absolute Gasteiger partial charge is 0.507 e. The van der Waals surface area contributed by atoms with E-state index in [9.17, 15) is 5.11 Å². The Hall–Kier alpha value is -1.70. The molecule has 0 radical (unpaired) electrons. The Bertz CT molecular complexity index is 544. The van der Waals surface area contributed by atoms with Crippen LogP contribution in [-0.4, -0.2) is 11.1 Å². The molecule has 0 aliphatic heterocycles. The van der Waals surface area contributed by atoms with Gasteiger partial charge in [0, 0.05) is 17.1 Å². The first-order chi connectivity index (χ1) is 8.83. The van der Waals surface area contributed by atoms with Crippen molar-refractivity contribution >= 4 is 16.5 Å². The van der Waals surface area contributed by atoms with Crippen LogP contribution in [0, 0.1) is 0 Å². The van der Waals surface area contributed by atoms with Gasteiger partial charge in [-0.25, -0.2) is 0 Å². The lowest BCUT2D eigenvalue weighted by Crippen LogP contribution is -2.22. The van der Waals surface area contributed by atoms with Gasteiger partial charge in [0.05, 0.1) is 0 Å². The van der Waals surface area contributed by atoms with Crippen LogP contribution >= 0.6 is 0 Å². The first kappa shape index (κ1) is 11.4. The quantitative estimate of drug-likeness (QED) is 0.822. The van der Waals surface area contributed by atoms with Crippen molar-refractivity contribution in [1.82, 2.24) is 0 Å². The summed E-state index contributed by atoms with van der Waals surface area (Å²) >= 11 is 0. The summed E-state index contributed by atoms with van der Waals surface area (Å²) in [5.74, 6) is 0.361. The molecule has 0 aromatic heterocycles. The molecule has 18 heavy (non-hydrogen) atoms. The third kappa shape index (κ3) is 2.28. The maximum atomic E-state index is 9.87. The highest BCUT2D eigenvalue weighted by Crippen LogP contribution is 2.28. The lowest BCUT2D eigenvalue weighted by molar-refractivity contribution is 0.462. The Morgan fingerprint density at radius 3 is 2.67 bits per heavy atom. The lowest BCUT2D eigenvalue weighted by atomic mass is 9.95. The number of phenols is 1. The van der Waals surface area contributed by atoms with Crippen molar-refractivity contribution < 1.29 is 5.11 Å². The van der Waals surface area contributed by atoms with Crippen LogP contribution in [0.25, 0.3) is 10.8 Å². The molecule has 2 nitrogen and oxygen atoms in total. The zero-order chi connectivity index (χ0) is 12.4. The topological polar surface area (TPSA) is 32.3 Å². The molecule has 2 aromatic carbocycles. The van der Waals surface area contributed by atoms with Crippen LogP contribution < -0.4 is 5.32 Å². The van der Waals surface area contributed by atoms with E-state index in [2.05, 4.69) is 23.5 Å². The van der Waals surface area contributed by atoms with Crippen molar-refractivity contribution in [1.29, 1.82) is 0 Å². The zero-order valence-electron chi connectivity index (χ0n) is 10.5. The molecular weight excluding hydrogens is 222 g/mol. The molecule has 0 heterocycles. The summed E-state index contributed by atoms with van der Waals surface area (Å²) in [6, 6.07) is 12.5. The van der Waals surface area contributed by atoms with E-state index in [0.29, 0.717) is 11.8 Å². The SMILES string of the molecule is Oc1cccc2ccc(NC3CCCCC3)cc12. The molecule has 0 amide bonds. The molecule has 0 atom stereocenters. The molecular formula is C16H19NO. The number of fused-ring (bicyclic) bond motifs is 1. The van der Waals surface area contributed by atoms with Gasteiger partial charge in [-0.2, -0.15) is 0 Å². The van der Waals surface area contributed by atoms with Gasteiger partial charge >= 0.3 is 0 Å². The summed E-state index contributed by atoms with van der Waals surface area (Å²) < 4.78 is 0. The number of nitrogens with one attached hydrogen (secondary N) is 1. The van der Waals surface area contributed by atoms with E-state index >= 15 is 0 Å². The van der Waals surface area contributed by atoms with Gasteiger partial charge < -0.3 is 10.4 Å². The summed E-state index contributed by atoms with van der Waals surface area (Å²) in [5.41, 5.74) is 1.12. The summed E-state index contributed by atoms with van der Waals surface area (Å²) in [4.78, 5) is 0. The molecule has 0 unspecified atom stereocenters. The van der Waals surface area contributed by atoms with Crippen molar-refractivity contribution in [3.63, 3.8) is 0 Å². The van der Waals surface area contributed by atoms with Gasteiger partial charge in [0.25, 0.3) is 0 Å². The van der Waals surface area contributed by atoms with E-state index in [4.69, 9.17) is 0 Å². The van der Waals surface area contributed by atoms with Crippen LogP contribution in [0.4, 0.5) is 5.69 Å². The molecule has 94 valence electrons. The van der Waals surface area contributed by atoms with Crippen LogP contribution in [-0.2, 0) is 0 Å². The Morgan fingerprint density at radius 1 is 1.00 bits per heavy atom. The number of hydrogen-bond donors (Lipinski definition) is 2. The Labute approximate surface area is 108 Å². The standard InChI is InChI=1S/C16H19NO/c18-16-8-4-5-12-9-10-14(11-15(12)16)17-13-6-2-1-3-7-13/h4-5,8-11,13,17-18H,1-3,6-7H2. The third-order valence-electron chi connectivity index (χ3n) is 3.84. The van der Waals surface area contributed by atoms with Gasteiger partial charge in [0.2, 0.25) is 0 Å². The molecule has 1 fully saturated rings. The van der Waals surface area contributed by atoms with Gasteiger partial charge in [-0.15, -0.1) is 0 Å². The van der Waals surface area contributed by atoms with Crippen LogP contribution in [0.5, 0.6) is 5.75 Å². The molecule has 2 aromatic rings. The normalized spacial score (nSPS) is 16.9. The summed E-state index contributed by atoms with van der Waals surface area (Å²) in [5, 5.41) is 15.5. The van der Waals surface area contributed by atoms with E-state index in [1.54, 1.807) is 6.07 Å². The number of benzene rings is 2. The summed E-state index contributed by atoms with van der Waals surface area (Å²) in [7, 11) is 0. The van der Waals surface area contributed by atoms with Gasteiger partial charge in [-0.3, -0.25) is 0 Å². The fourth-order valence-corrected chi connectivity index (χ4v) is 2.83. The molecule has 1 aliphatic rings. The average Bonchev–Trinajstić information content (AvgIpc) is 2.41. The summed E-state index contributed by atoms with van der Waals surface area (Å²) in [6.45, 7) is 0. The molecule has 0 bridgehead atoms. The minimum Gasteiger partial charge on any atom is -0.507 e. The fraction of sp³-hybridized carbons (Fsp3) is 0.375. The second-order valence-corrected chi connectivity index (χ2v) is 5.19. The Balaban J connectivity index is 1.86. The molecule has 1 saturated carbocycles.